The molecule has 28 heavy (non-hydrogen) atoms. The van der Waals surface area contributed by atoms with E-state index in [1.165, 1.54) is 21.1 Å². The van der Waals surface area contributed by atoms with Crippen molar-refractivity contribution < 1.29 is 14.5 Å². The summed E-state index contributed by atoms with van der Waals surface area (Å²) in [5.74, 6) is 0.0856. The number of hydrogen-bond acceptors (Lipinski definition) is 6. The minimum Gasteiger partial charge on any atom is -0.471 e. The molecule has 10 heteroatoms. The third-order valence-electron chi connectivity index (χ3n) is 4.12. The molecule has 0 radical (unpaired) electrons. The molecule has 0 bridgehead atoms. The van der Waals surface area contributed by atoms with E-state index in [0.29, 0.717) is 18.0 Å². The number of amides is 1. The molecule has 0 aliphatic carbocycles. The Kier molecular flexibility index (Phi) is 5.68. The van der Waals surface area contributed by atoms with Crippen LogP contribution in [0.5, 0.6) is 5.75 Å². The van der Waals surface area contributed by atoms with Crippen molar-refractivity contribution in [3.8, 4) is 5.75 Å². The molecule has 0 atom stereocenters. The molecule has 3 rings (SSSR count). The molecular weight excluding hydrogens is 364 g/mol. The molecule has 10 nitrogen and oxygen atoms in total. The first kappa shape index (κ1) is 19.1. The monoisotopic (exact) mass is 384 g/mol. The van der Waals surface area contributed by atoms with Gasteiger partial charge in [-0.1, -0.05) is 19.1 Å². The largest absolute Gasteiger partial charge is 0.471 e. The van der Waals surface area contributed by atoms with Gasteiger partial charge in [0.1, 0.15) is 11.9 Å². The van der Waals surface area contributed by atoms with Crippen molar-refractivity contribution in [3.05, 3.63) is 64.2 Å². The van der Waals surface area contributed by atoms with Crippen molar-refractivity contribution in [2.24, 2.45) is 0 Å². The van der Waals surface area contributed by atoms with Gasteiger partial charge in [-0.2, -0.15) is 10.2 Å². The zero-order chi connectivity index (χ0) is 20.1. The molecule has 2 heterocycles. The normalized spacial score (nSPS) is 10.6. The number of rotatable bonds is 8. The molecule has 1 aromatic carbocycles. The second-order valence-corrected chi connectivity index (χ2v) is 5.94. The van der Waals surface area contributed by atoms with Crippen molar-refractivity contribution in [2.75, 3.05) is 5.32 Å². The predicted octanol–water partition coefficient (Wildman–Crippen LogP) is 2.86. The average molecular weight is 384 g/mol. The van der Waals surface area contributed by atoms with Gasteiger partial charge in [-0.3, -0.25) is 19.6 Å². The van der Waals surface area contributed by atoms with Gasteiger partial charge in [0.2, 0.25) is 5.69 Å². The van der Waals surface area contributed by atoms with Crippen LogP contribution < -0.4 is 10.1 Å². The number of nitro groups is 1. The summed E-state index contributed by atoms with van der Waals surface area (Å²) in [4.78, 5) is 23.0. The molecule has 0 fully saturated rings. The number of hydrogen-bond donors (Lipinski definition) is 1. The standard InChI is InChI=1S/C18H20N6O4/c1-3-13-5-7-15(8-6-13)28-12-22-11-14(9-19-22)21-18(25)17-16(24(26)27)10-20-23(17)4-2/h5-11H,3-4,12H2,1-2H3,(H,21,25). The zero-order valence-electron chi connectivity index (χ0n) is 15.5. The molecule has 0 unspecified atom stereocenters. The van der Waals surface area contributed by atoms with Gasteiger partial charge in [0.15, 0.2) is 6.73 Å². The van der Waals surface area contributed by atoms with Gasteiger partial charge in [0, 0.05) is 6.54 Å². The van der Waals surface area contributed by atoms with Crippen LogP contribution in [0.15, 0.2) is 42.9 Å². The van der Waals surface area contributed by atoms with Gasteiger partial charge < -0.3 is 10.1 Å². The molecule has 3 aromatic rings. The number of nitrogens with one attached hydrogen (secondary N) is 1. The Labute approximate surface area is 160 Å². The lowest BCUT2D eigenvalue weighted by Gasteiger charge is -2.07. The van der Waals surface area contributed by atoms with Crippen LogP contribution in [0.1, 0.15) is 29.9 Å². The summed E-state index contributed by atoms with van der Waals surface area (Å²) in [6.45, 7) is 4.32. The van der Waals surface area contributed by atoms with Crippen LogP contribution in [0.25, 0.3) is 0 Å². The molecule has 0 aliphatic heterocycles. The Morgan fingerprint density at radius 3 is 2.61 bits per heavy atom. The Balaban J connectivity index is 1.65. The highest BCUT2D eigenvalue weighted by Gasteiger charge is 2.26. The van der Waals surface area contributed by atoms with E-state index in [1.54, 1.807) is 13.1 Å². The molecule has 0 aliphatic rings. The third-order valence-corrected chi connectivity index (χ3v) is 4.12. The Bertz CT molecular complexity index is 976. The quantitative estimate of drug-likeness (QED) is 0.471. The number of carbonyl (C=O) groups is 1. The summed E-state index contributed by atoms with van der Waals surface area (Å²) in [7, 11) is 0. The number of aryl methyl sites for hydroxylation is 2. The summed E-state index contributed by atoms with van der Waals surface area (Å²) in [6, 6.07) is 7.76. The lowest BCUT2D eigenvalue weighted by molar-refractivity contribution is -0.385. The number of ether oxygens (including phenoxy) is 1. The highest BCUT2D eigenvalue weighted by Crippen LogP contribution is 2.20. The fraction of sp³-hybridized carbons (Fsp3) is 0.278. The second kappa shape index (κ2) is 8.33. The van der Waals surface area contributed by atoms with E-state index in [-0.39, 0.29) is 18.1 Å². The average Bonchev–Trinajstić information content (AvgIpc) is 3.33. The van der Waals surface area contributed by atoms with Gasteiger partial charge in [-0.25, -0.2) is 4.68 Å². The van der Waals surface area contributed by atoms with E-state index < -0.39 is 10.8 Å². The maximum absolute atomic E-state index is 12.5. The topological polar surface area (TPSA) is 117 Å². The van der Waals surface area contributed by atoms with Gasteiger partial charge in [-0.05, 0) is 31.0 Å². The second-order valence-electron chi connectivity index (χ2n) is 5.94. The van der Waals surface area contributed by atoms with Crippen molar-refractivity contribution in [3.63, 3.8) is 0 Å². The summed E-state index contributed by atoms with van der Waals surface area (Å²) in [5.41, 5.74) is 1.17. The van der Waals surface area contributed by atoms with Gasteiger partial charge in [-0.15, -0.1) is 0 Å². The maximum Gasteiger partial charge on any atom is 0.320 e. The Morgan fingerprint density at radius 1 is 1.21 bits per heavy atom. The Hall–Kier alpha value is -3.69. The Morgan fingerprint density at radius 2 is 1.96 bits per heavy atom. The van der Waals surface area contributed by atoms with E-state index in [1.807, 2.05) is 24.3 Å². The van der Waals surface area contributed by atoms with Crippen molar-refractivity contribution in [1.82, 2.24) is 19.6 Å². The molecule has 146 valence electrons. The molecule has 2 aromatic heterocycles. The lowest BCUT2D eigenvalue weighted by atomic mass is 10.2. The molecule has 1 N–H and O–H groups in total. The summed E-state index contributed by atoms with van der Waals surface area (Å²) >= 11 is 0. The molecular formula is C18H20N6O4. The van der Waals surface area contributed by atoms with Gasteiger partial charge in [0.25, 0.3) is 5.91 Å². The van der Waals surface area contributed by atoms with Crippen LogP contribution in [0, 0.1) is 10.1 Å². The number of nitrogens with zero attached hydrogens (tertiary/aromatic N) is 5. The van der Waals surface area contributed by atoms with Crippen LogP contribution in [0.4, 0.5) is 11.4 Å². The van der Waals surface area contributed by atoms with Crippen LogP contribution >= 0.6 is 0 Å². The van der Waals surface area contributed by atoms with Crippen LogP contribution in [-0.4, -0.2) is 30.4 Å². The van der Waals surface area contributed by atoms with E-state index >= 15 is 0 Å². The first-order valence-corrected chi connectivity index (χ1v) is 8.77. The first-order valence-electron chi connectivity index (χ1n) is 8.77. The highest BCUT2D eigenvalue weighted by molar-refractivity contribution is 6.05. The first-order chi connectivity index (χ1) is 13.5. The van der Waals surface area contributed by atoms with Crippen molar-refractivity contribution >= 4 is 17.3 Å². The SMILES string of the molecule is CCc1ccc(OCn2cc(NC(=O)c3c([N+](=O)[O-])cnn3CC)cn2)cc1. The third kappa shape index (κ3) is 4.17. The summed E-state index contributed by atoms with van der Waals surface area (Å²) in [6.07, 6.45) is 5.05. The van der Waals surface area contributed by atoms with E-state index in [0.717, 1.165) is 12.6 Å². The number of carbonyl (C=O) groups excluding carboxylic acids is 1. The van der Waals surface area contributed by atoms with E-state index in [4.69, 9.17) is 4.74 Å². The molecule has 0 saturated carbocycles. The fourth-order valence-corrected chi connectivity index (χ4v) is 2.63. The van der Waals surface area contributed by atoms with Gasteiger partial charge >= 0.3 is 5.69 Å². The van der Waals surface area contributed by atoms with Crippen LogP contribution in [-0.2, 0) is 19.7 Å². The predicted molar refractivity (Wildman–Crippen MR) is 101 cm³/mol. The minimum absolute atomic E-state index is 0.104. The summed E-state index contributed by atoms with van der Waals surface area (Å²) < 4.78 is 8.44. The number of aromatic nitrogens is 4. The van der Waals surface area contributed by atoms with E-state index in [9.17, 15) is 14.9 Å². The van der Waals surface area contributed by atoms with Crippen molar-refractivity contribution in [1.29, 1.82) is 0 Å². The van der Waals surface area contributed by atoms with Crippen LogP contribution in [0.3, 0.4) is 0 Å². The van der Waals surface area contributed by atoms with Crippen LogP contribution in [0.2, 0.25) is 0 Å². The summed E-state index contributed by atoms with van der Waals surface area (Å²) in [5, 5.41) is 21.7. The highest BCUT2D eigenvalue weighted by atomic mass is 16.6. The molecule has 1 amide bonds. The van der Waals surface area contributed by atoms with Crippen molar-refractivity contribution in [2.45, 2.75) is 33.5 Å². The fourth-order valence-electron chi connectivity index (χ4n) is 2.63. The molecule has 0 saturated heterocycles. The number of anilines is 1. The minimum atomic E-state index is -0.630. The smallest absolute Gasteiger partial charge is 0.320 e. The maximum atomic E-state index is 12.5. The van der Waals surface area contributed by atoms with Gasteiger partial charge in [0.05, 0.1) is 23.0 Å². The zero-order valence-corrected chi connectivity index (χ0v) is 15.5. The molecule has 0 spiro atoms. The lowest BCUT2D eigenvalue weighted by Crippen LogP contribution is -2.18. The van der Waals surface area contributed by atoms with E-state index in [2.05, 4.69) is 22.4 Å². The number of benzene rings is 1.